The first-order valence-electron chi connectivity index (χ1n) is 13.4. The minimum absolute atomic E-state index is 0.204. The molecule has 4 rings (SSSR count). The maximum atomic E-state index is 12.3. The molecular formula is C30H39N3O3S. The van der Waals surface area contributed by atoms with Gasteiger partial charge in [0.25, 0.3) is 0 Å². The number of thioether (sulfide) groups is 1. The van der Waals surface area contributed by atoms with Gasteiger partial charge in [-0.1, -0.05) is 31.0 Å². The number of rotatable bonds is 12. The number of nitrogens with zero attached hydrogens (tertiary/aromatic N) is 2. The van der Waals surface area contributed by atoms with Gasteiger partial charge in [0.15, 0.2) is 5.16 Å². The molecule has 3 aromatic rings. The van der Waals surface area contributed by atoms with Crippen molar-refractivity contribution in [3.05, 3.63) is 48.5 Å². The van der Waals surface area contributed by atoms with Crippen molar-refractivity contribution in [2.75, 3.05) is 20.0 Å². The monoisotopic (exact) mass is 521 g/mol. The van der Waals surface area contributed by atoms with Gasteiger partial charge in [-0.2, -0.15) is 0 Å². The maximum absolute atomic E-state index is 12.3. The number of benzene rings is 2. The summed E-state index contributed by atoms with van der Waals surface area (Å²) in [5, 5.41) is 4.23. The van der Waals surface area contributed by atoms with Gasteiger partial charge < -0.3 is 19.4 Å². The largest absolute Gasteiger partial charge is 0.497 e. The van der Waals surface area contributed by atoms with E-state index in [4.69, 9.17) is 14.5 Å². The fourth-order valence-corrected chi connectivity index (χ4v) is 5.99. The Labute approximate surface area is 225 Å². The molecule has 1 fully saturated rings. The molecule has 1 aliphatic carbocycles. The Bertz CT molecular complexity index is 1140. The van der Waals surface area contributed by atoms with Crippen molar-refractivity contribution in [3.8, 4) is 34.0 Å². The highest BCUT2D eigenvalue weighted by molar-refractivity contribution is 7.99. The van der Waals surface area contributed by atoms with Gasteiger partial charge in [0.1, 0.15) is 11.5 Å². The van der Waals surface area contributed by atoms with Crippen LogP contribution in [0.3, 0.4) is 0 Å². The highest BCUT2D eigenvalue weighted by Crippen LogP contribution is 2.37. The van der Waals surface area contributed by atoms with E-state index in [1.165, 1.54) is 19.3 Å². The van der Waals surface area contributed by atoms with Crippen molar-refractivity contribution in [1.82, 2.24) is 14.9 Å². The third-order valence-electron chi connectivity index (χ3n) is 6.98. The number of ether oxygens (including phenoxy) is 2. The smallest absolute Gasteiger partial charge is 0.220 e. The Morgan fingerprint density at radius 1 is 0.946 bits per heavy atom. The van der Waals surface area contributed by atoms with Crippen LogP contribution in [0.4, 0.5) is 0 Å². The third-order valence-corrected chi connectivity index (χ3v) is 8.04. The number of imidazole rings is 1. The summed E-state index contributed by atoms with van der Waals surface area (Å²) in [6.07, 6.45) is 8.53. The van der Waals surface area contributed by atoms with E-state index in [-0.39, 0.29) is 5.91 Å². The summed E-state index contributed by atoms with van der Waals surface area (Å²) < 4.78 is 13.0. The van der Waals surface area contributed by atoms with Crippen LogP contribution in [0.5, 0.6) is 11.5 Å². The number of methoxy groups -OCH3 is 2. The molecule has 0 unspecified atom stereocenters. The first-order valence-corrected chi connectivity index (χ1v) is 14.4. The Morgan fingerprint density at radius 3 is 2.16 bits per heavy atom. The van der Waals surface area contributed by atoms with Crippen LogP contribution in [0.2, 0.25) is 0 Å². The SMILES string of the molecule is CCn1c(SCCCCC(=O)NC2CCCCC2)nc(-c2ccc(OC)cc2)c1-c1ccc(OC)cc1. The number of hydrogen-bond acceptors (Lipinski definition) is 5. The fourth-order valence-electron chi connectivity index (χ4n) is 4.93. The fraction of sp³-hybridized carbons (Fsp3) is 0.467. The lowest BCUT2D eigenvalue weighted by Gasteiger charge is -2.22. The van der Waals surface area contributed by atoms with Crippen LogP contribution in [0.25, 0.3) is 22.5 Å². The van der Waals surface area contributed by atoms with Crippen LogP contribution >= 0.6 is 11.8 Å². The molecular weight excluding hydrogens is 482 g/mol. The first-order chi connectivity index (χ1) is 18.1. The van der Waals surface area contributed by atoms with Crippen molar-refractivity contribution in [1.29, 1.82) is 0 Å². The van der Waals surface area contributed by atoms with E-state index >= 15 is 0 Å². The summed E-state index contributed by atoms with van der Waals surface area (Å²) in [5.41, 5.74) is 4.22. The molecule has 0 radical (unpaired) electrons. The molecule has 6 nitrogen and oxygen atoms in total. The van der Waals surface area contributed by atoms with Gasteiger partial charge in [-0.3, -0.25) is 4.79 Å². The molecule has 1 aromatic heterocycles. The Morgan fingerprint density at radius 2 is 1.57 bits per heavy atom. The van der Waals surface area contributed by atoms with E-state index in [9.17, 15) is 4.79 Å². The van der Waals surface area contributed by atoms with E-state index in [1.807, 2.05) is 24.3 Å². The number of unbranched alkanes of at least 4 members (excludes halogenated alkanes) is 1. The van der Waals surface area contributed by atoms with Crippen LogP contribution in [0.15, 0.2) is 53.7 Å². The molecule has 198 valence electrons. The van der Waals surface area contributed by atoms with Gasteiger partial charge in [0, 0.05) is 35.9 Å². The molecule has 0 aliphatic heterocycles. The molecule has 0 saturated heterocycles. The van der Waals surface area contributed by atoms with E-state index in [2.05, 4.69) is 41.1 Å². The Kier molecular flexibility index (Phi) is 9.94. The van der Waals surface area contributed by atoms with E-state index in [0.29, 0.717) is 12.5 Å². The van der Waals surface area contributed by atoms with Crippen LogP contribution in [0, 0.1) is 0 Å². The standard InChI is InChI=1S/C30H39N3O3S/c1-4-33-29(23-15-19-26(36-3)20-16-23)28(22-13-17-25(35-2)18-14-22)32-30(33)37-21-9-8-12-27(34)31-24-10-6-5-7-11-24/h13-20,24H,4-12,21H2,1-3H3,(H,31,34). The maximum Gasteiger partial charge on any atom is 0.220 e. The Balaban J connectivity index is 1.46. The van der Waals surface area contributed by atoms with Gasteiger partial charge in [-0.25, -0.2) is 4.98 Å². The lowest BCUT2D eigenvalue weighted by molar-refractivity contribution is -0.122. The highest BCUT2D eigenvalue weighted by Gasteiger charge is 2.20. The minimum Gasteiger partial charge on any atom is -0.497 e. The van der Waals surface area contributed by atoms with Gasteiger partial charge in [0.05, 0.1) is 25.6 Å². The predicted molar refractivity (Wildman–Crippen MR) is 151 cm³/mol. The normalized spacial score (nSPS) is 13.9. The number of carbonyl (C=O) groups is 1. The molecule has 1 amide bonds. The van der Waals surface area contributed by atoms with Crippen LogP contribution < -0.4 is 14.8 Å². The van der Waals surface area contributed by atoms with Crippen molar-refractivity contribution >= 4 is 17.7 Å². The number of hydrogen-bond donors (Lipinski definition) is 1. The lowest BCUT2D eigenvalue weighted by Crippen LogP contribution is -2.35. The number of aromatic nitrogens is 2. The van der Waals surface area contributed by atoms with E-state index in [0.717, 1.165) is 77.2 Å². The average Bonchev–Trinajstić information content (AvgIpc) is 3.31. The van der Waals surface area contributed by atoms with Crippen molar-refractivity contribution in [2.24, 2.45) is 0 Å². The first kappa shape index (κ1) is 27.1. The zero-order chi connectivity index (χ0) is 26.0. The minimum atomic E-state index is 0.204. The van der Waals surface area contributed by atoms with E-state index < -0.39 is 0 Å². The quantitative estimate of drug-likeness (QED) is 0.206. The van der Waals surface area contributed by atoms with Crippen molar-refractivity contribution in [2.45, 2.75) is 76.0 Å². The molecule has 2 aromatic carbocycles. The summed E-state index contributed by atoms with van der Waals surface area (Å²) in [7, 11) is 3.36. The van der Waals surface area contributed by atoms with Gasteiger partial charge in [-0.05, 0) is 81.1 Å². The molecule has 1 aliphatic rings. The topological polar surface area (TPSA) is 65.4 Å². The second-order valence-electron chi connectivity index (χ2n) is 9.50. The van der Waals surface area contributed by atoms with Crippen molar-refractivity contribution in [3.63, 3.8) is 0 Å². The molecule has 1 N–H and O–H groups in total. The summed E-state index contributed by atoms with van der Waals surface area (Å²) >= 11 is 1.77. The average molecular weight is 522 g/mol. The summed E-state index contributed by atoms with van der Waals surface area (Å²) in [6.45, 7) is 2.98. The van der Waals surface area contributed by atoms with Gasteiger partial charge in [0.2, 0.25) is 5.91 Å². The number of carbonyl (C=O) groups excluding carboxylic acids is 1. The summed E-state index contributed by atoms with van der Waals surface area (Å²) in [4.78, 5) is 17.5. The molecule has 0 atom stereocenters. The third kappa shape index (κ3) is 7.10. The van der Waals surface area contributed by atoms with E-state index in [1.54, 1.807) is 26.0 Å². The molecule has 0 bridgehead atoms. The highest BCUT2D eigenvalue weighted by atomic mass is 32.2. The zero-order valence-electron chi connectivity index (χ0n) is 22.3. The molecule has 0 spiro atoms. The number of amides is 1. The molecule has 7 heteroatoms. The summed E-state index contributed by atoms with van der Waals surface area (Å²) in [6, 6.07) is 16.6. The van der Waals surface area contributed by atoms with Gasteiger partial charge >= 0.3 is 0 Å². The summed E-state index contributed by atoms with van der Waals surface area (Å²) in [5.74, 6) is 2.79. The van der Waals surface area contributed by atoms with Crippen LogP contribution in [-0.4, -0.2) is 41.5 Å². The molecule has 1 heterocycles. The zero-order valence-corrected chi connectivity index (χ0v) is 23.1. The second-order valence-corrected chi connectivity index (χ2v) is 10.6. The number of nitrogens with one attached hydrogen (secondary N) is 1. The van der Waals surface area contributed by atoms with Crippen LogP contribution in [0.1, 0.15) is 58.3 Å². The Hall–Kier alpha value is -2.93. The van der Waals surface area contributed by atoms with Crippen LogP contribution in [-0.2, 0) is 11.3 Å². The van der Waals surface area contributed by atoms with Crippen molar-refractivity contribution < 1.29 is 14.3 Å². The van der Waals surface area contributed by atoms with Gasteiger partial charge in [-0.15, -0.1) is 0 Å². The second kappa shape index (κ2) is 13.6. The lowest BCUT2D eigenvalue weighted by atomic mass is 9.95. The molecule has 1 saturated carbocycles. The molecule has 37 heavy (non-hydrogen) atoms. The predicted octanol–water partition coefficient (Wildman–Crippen LogP) is 6.97.